The smallest absolute Gasteiger partial charge is 0.296 e. The van der Waals surface area contributed by atoms with Gasteiger partial charge in [-0.2, -0.15) is 72.0 Å². The number of aromatic nitrogens is 6. The summed E-state index contributed by atoms with van der Waals surface area (Å²) in [7, 11) is -25.3. The summed E-state index contributed by atoms with van der Waals surface area (Å²) in [6, 6.07) is 10.7. The molecule has 0 radical (unpaired) electrons. The molecule has 0 amide bonds. The van der Waals surface area contributed by atoms with Gasteiger partial charge in [-0.15, -0.1) is 0 Å². The van der Waals surface area contributed by atoms with E-state index in [1.165, 1.54) is 21.9 Å². The van der Waals surface area contributed by atoms with Gasteiger partial charge in [-0.1, -0.05) is 24.3 Å². The molecule has 39 heteroatoms. The Morgan fingerprint density at radius 2 is 0.797 bits per heavy atom. The summed E-state index contributed by atoms with van der Waals surface area (Å²) in [6.45, 7) is -2.88. The second kappa shape index (κ2) is 24.9. The lowest BCUT2D eigenvalue weighted by molar-refractivity contribution is 0.279. The van der Waals surface area contributed by atoms with Gasteiger partial charge in [0.25, 0.3) is 50.6 Å². The standard InChI is InChI=1S/C40H44N12O21S6/c53-15-11-51(12-16-54)39-47-35(45-37(49-39)43-29-21-27(75(59,60)61)7-9-31(29)74(57)58)41-25-5-3-23(33(19-25)78(68,69)70)1-2-24-4-6-26(20-34(24)79(71,72)73)42-36-46-38(50-40(48-36)52(13-17-55)14-18-56)44-30-22-28(76(62,63)64)8-10-32(30)77(65,66)67/h1-10,19-22,53-56H,11-18H2,(H,57,58)(H,59,60,61)(H,62,63,64)(H,65,66,67)(H,68,69,70)(H,71,72,73)(H2,41,43,45,47,49)(H2,42,44,46,48,50)/p-1/b2-1+. The Balaban J connectivity index is 1.37. The normalized spacial score (nSPS) is 12.8. The summed E-state index contributed by atoms with van der Waals surface area (Å²) in [4.78, 5) is 22.7. The average Bonchev–Trinajstić information content (AvgIpc) is 3.35. The molecular weight excluding hydrogens is 1180 g/mol. The van der Waals surface area contributed by atoms with Gasteiger partial charge >= 0.3 is 0 Å². The molecular formula is C40H43N12O21S6-. The van der Waals surface area contributed by atoms with Gasteiger partial charge in [0, 0.05) is 42.4 Å². The molecule has 33 nitrogen and oxygen atoms in total. The summed E-state index contributed by atoms with van der Waals surface area (Å²) < 4.78 is 197. The van der Waals surface area contributed by atoms with Gasteiger partial charge in [0.1, 0.15) is 14.7 Å². The molecule has 0 saturated carbocycles. The lowest BCUT2D eigenvalue weighted by Crippen LogP contribution is -2.31. The fraction of sp³-hybridized carbons (Fsp3) is 0.200. The van der Waals surface area contributed by atoms with Crippen LogP contribution in [0.4, 0.5) is 58.4 Å². The molecule has 13 N–H and O–H groups in total. The van der Waals surface area contributed by atoms with Gasteiger partial charge in [-0.3, -0.25) is 27.0 Å². The highest BCUT2D eigenvalue weighted by molar-refractivity contribution is 7.87. The molecule has 79 heavy (non-hydrogen) atoms. The first-order chi connectivity index (χ1) is 36.9. The summed E-state index contributed by atoms with van der Waals surface area (Å²) in [5, 5.41) is 49.0. The zero-order valence-electron chi connectivity index (χ0n) is 39.7. The average molecular weight is 1220 g/mol. The first-order valence-corrected chi connectivity index (χ1v) is 29.9. The van der Waals surface area contributed by atoms with Crippen LogP contribution in [0, 0.1) is 0 Å². The van der Waals surface area contributed by atoms with Gasteiger partial charge in [-0.05, 0) is 82.9 Å². The van der Waals surface area contributed by atoms with E-state index in [0.29, 0.717) is 18.2 Å². The second-order valence-corrected chi connectivity index (χ2v) is 23.6. The van der Waals surface area contributed by atoms with Crippen LogP contribution in [-0.2, 0) is 61.7 Å². The van der Waals surface area contributed by atoms with Crippen molar-refractivity contribution in [3.63, 3.8) is 0 Å². The SMILES string of the molecule is O=S([O-])c1ccc(S(=O)(=O)O)cc1Nc1nc(Nc2ccc(/C=C/c3ccc(Nc4nc(Nc5cc(S(=O)(=O)O)ccc5S(=O)(=O)O)nc(N(CCO)CCO)n4)cc3S(=O)(=O)O)c(S(=O)(=O)O)c2)nc(N(CCO)CCO)n1. The molecule has 0 saturated heterocycles. The number of aliphatic hydroxyl groups is 4. The Morgan fingerprint density at radius 3 is 1.15 bits per heavy atom. The summed E-state index contributed by atoms with van der Waals surface area (Å²) in [5.41, 5.74) is -2.11. The molecule has 2 heterocycles. The van der Waals surface area contributed by atoms with Crippen LogP contribution >= 0.6 is 0 Å². The third-order valence-electron chi connectivity index (χ3n) is 10.3. The summed E-state index contributed by atoms with van der Waals surface area (Å²) >= 11 is -3.01. The zero-order chi connectivity index (χ0) is 58.3. The predicted octanol–water partition coefficient (Wildman–Crippen LogP) is 0.255. The van der Waals surface area contributed by atoms with E-state index < -0.39 is 153 Å². The van der Waals surface area contributed by atoms with Crippen molar-refractivity contribution >= 4 is 132 Å². The van der Waals surface area contributed by atoms with Gasteiger partial charge in [0.2, 0.25) is 35.7 Å². The molecule has 426 valence electrons. The number of nitrogens with zero attached hydrogens (tertiary/aromatic N) is 8. The summed E-state index contributed by atoms with van der Waals surface area (Å²) in [6.07, 6.45) is 2.05. The molecule has 6 rings (SSSR count). The van der Waals surface area contributed by atoms with Crippen LogP contribution < -0.4 is 31.1 Å². The van der Waals surface area contributed by atoms with Gasteiger partial charge in [-0.25, -0.2) is 0 Å². The van der Waals surface area contributed by atoms with Crippen LogP contribution in [0.3, 0.4) is 0 Å². The van der Waals surface area contributed by atoms with Crippen LogP contribution in [-0.4, -0.2) is 177 Å². The summed E-state index contributed by atoms with van der Waals surface area (Å²) in [5.74, 6) is -2.66. The van der Waals surface area contributed by atoms with E-state index in [2.05, 4.69) is 51.2 Å². The van der Waals surface area contributed by atoms with Crippen LogP contribution in [0.5, 0.6) is 0 Å². The Labute approximate surface area is 450 Å². The molecule has 0 fully saturated rings. The van der Waals surface area contributed by atoms with Crippen molar-refractivity contribution in [1.29, 1.82) is 0 Å². The van der Waals surface area contributed by atoms with Crippen molar-refractivity contribution in [3.05, 3.63) is 83.9 Å². The van der Waals surface area contributed by atoms with Crippen molar-refractivity contribution in [3.8, 4) is 0 Å². The fourth-order valence-electron chi connectivity index (χ4n) is 6.87. The number of hydrogen-bond acceptors (Lipinski definition) is 28. The molecule has 0 spiro atoms. The molecule has 4 aromatic carbocycles. The lowest BCUT2D eigenvalue weighted by atomic mass is 10.1. The monoisotopic (exact) mass is 1220 g/mol. The number of nitrogens with one attached hydrogen (secondary N) is 4. The van der Waals surface area contributed by atoms with Gasteiger partial charge in [0.15, 0.2) is 0 Å². The molecule has 1 unspecified atom stereocenters. The second-order valence-electron chi connectivity index (χ2n) is 15.7. The maximum Gasteiger partial charge on any atom is 0.296 e. The quantitative estimate of drug-likeness (QED) is 0.0197. The number of anilines is 10. The molecule has 0 bridgehead atoms. The van der Waals surface area contributed by atoms with Crippen LogP contribution in [0.1, 0.15) is 11.1 Å². The van der Waals surface area contributed by atoms with Crippen molar-refractivity contribution in [1.82, 2.24) is 29.9 Å². The molecule has 0 aliphatic carbocycles. The Morgan fingerprint density at radius 1 is 0.443 bits per heavy atom. The van der Waals surface area contributed by atoms with E-state index in [1.807, 2.05) is 0 Å². The largest absolute Gasteiger partial charge is 0.768 e. The Kier molecular flexibility index (Phi) is 19.3. The maximum absolute atomic E-state index is 12.8. The van der Waals surface area contributed by atoms with Crippen LogP contribution in [0.25, 0.3) is 12.2 Å². The Hall–Kier alpha value is -7.06. The molecule has 0 aliphatic rings. The number of hydrogen-bond donors (Lipinski definition) is 13. The van der Waals surface area contributed by atoms with Crippen LogP contribution in [0.15, 0.2) is 102 Å². The highest BCUT2D eigenvalue weighted by atomic mass is 32.2. The van der Waals surface area contributed by atoms with E-state index in [1.54, 1.807) is 0 Å². The van der Waals surface area contributed by atoms with Gasteiger partial charge in [0.05, 0.1) is 47.6 Å². The minimum atomic E-state index is -5.18. The van der Waals surface area contributed by atoms with E-state index in [-0.39, 0.29) is 60.6 Å². The zero-order valence-corrected chi connectivity index (χ0v) is 44.6. The third kappa shape index (κ3) is 16.3. The van der Waals surface area contributed by atoms with Crippen molar-refractivity contribution in [2.75, 3.05) is 83.7 Å². The third-order valence-corrected chi connectivity index (χ3v) is 15.4. The minimum absolute atomic E-state index is 0.173. The van der Waals surface area contributed by atoms with Gasteiger partial charge < -0.3 is 56.0 Å². The first-order valence-electron chi connectivity index (χ1n) is 21.7. The highest BCUT2D eigenvalue weighted by Crippen LogP contribution is 2.32. The maximum atomic E-state index is 12.8. The van der Waals surface area contributed by atoms with E-state index in [4.69, 9.17) is 0 Å². The topological polar surface area (TPSA) is 525 Å². The lowest BCUT2D eigenvalue weighted by Gasteiger charge is -2.22. The van der Waals surface area contributed by atoms with Crippen molar-refractivity contribution < 1.29 is 94.0 Å². The number of rotatable bonds is 26. The number of aliphatic hydroxyl groups excluding tert-OH is 4. The van der Waals surface area contributed by atoms with Crippen molar-refractivity contribution in [2.24, 2.45) is 0 Å². The van der Waals surface area contributed by atoms with E-state index in [9.17, 15) is 94.0 Å². The fourth-order valence-corrected chi connectivity index (χ4v) is 10.4. The predicted molar refractivity (Wildman–Crippen MR) is 277 cm³/mol. The van der Waals surface area contributed by atoms with E-state index >= 15 is 0 Å². The van der Waals surface area contributed by atoms with Crippen LogP contribution in [0.2, 0.25) is 0 Å². The van der Waals surface area contributed by atoms with E-state index in [0.717, 1.165) is 54.6 Å². The first kappa shape index (κ1) is 61.2. The van der Waals surface area contributed by atoms with Crippen molar-refractivity contribution in [2.45, 2.75) is 29.4 Å². The number of benzene rings is 4. The molecule has 0 aliphatic heterocycles. The molecule has 2 aromatic heterocycles. The molecule has 6 aromatic rings. The molecule has 1 atom stereocenters. The Bertz CT molecular complexity index is 3910. The highest BCUT2D eigenvalue weighted by Gasteiger charge is 2.24. The minimum Gasteiger partial charge on any atom is -0.768 e.